The first-order valence-electron chi connectivity index (χ1n) is 10.5. The number of aliphatic hydroxyl groups excluding tert-OH is 1. The number of benzene rings is 2. The van der Waals surface area contributed by atoms with E-state index >= 15 is 0 Å². The highest BCUT2D eigenvalue weighted by Crippen LogP contribution is 2.31. The number of morpholine rings is 1. The van der Waals surface area contributed by atoms with Gasteiger partial charge in [-0.2, -0.15) is 0 Å². The molecule has 0 aromatic heterocycles. The fraction of sp³-hybridized carbons (Fsp3) is 0.417. The lowest BCUT2D eigenvalue weighted by atomic mass is 9.98. The van der Waals surface area contributed by atoms with Crippen LogP contribution in [-0.2, 0) is 16.1 Å². The number of nitrogens with zero attached hydrogens (tertiary/aromatic N) is 1. The minimum atomic E-state index is -0.527. The van der Waals surface area contributed by atoms with Gasteiger partial charge in [-0.05, 0) is 56.2 Å². The number of ether oxygens (including phenoxy) is 2. The predicted molar refractivity (Wildman–Crippen MR) is 121 cm³/mol. The molecule has 0 radical (unpaired) electrons. The first-order valence-corrected chi connectivity index (χ1v) is 10.5. The number of aliphatic hydroxyl groups is 1. The average Bonchev–Trinajstić information content (AvgIpc) is 2.75. The Labute approximate surface area is 188 Å². The van der Waals surface area contributed by atoms with E-state index < -0.39 is 12.1 Å². The highest BCUT2D eigenvalue weighted by Gasteiger charge is 2.37. The lowest BCUT2D eigenvalue weighted by Gasteiger charge is -2.40. The molecule has 2 atom stereocenters. The molecule has 1 heterocycles. The normalized spacial score (nSPS) is 18.9. The Morgan fingerprint density at radius 3 is 2.38 bits per heavy atom. The zero-order chi connectivity index (χ0) is 23.3. The van der Waals surface area contributed by atoms with Crippen LogP contribution in [0, 0.1) is 0 Å². The Morgan fingerprint density at radius 1 is 1.16 bits per heavy atom. The van der Waals surface area contributed by atoms with E-state index in [0.29, 0.717) is 12.2 Å². The van der Waals surface area contributed by atoms with Crippen LogP contribution in [0.15, 0.2) is 48.5 Å². The van der Waals surface area contributed by atoms with Crippen molar-refractivity contribution in [1.29, 1.82) is 0 Å². The van der Waals surface area contributed by atoms with Gasteiger partial charge in [0.05, 0.1) is 19.8 Å². The molecule has 3 N–H and O–H groups in total. The summed E-state index contributed by atoms with van der Waals surface area (Å²) in [6.45, 7) is 5.78. The van der Waals surface area contributed by atoms with Crippen LogP contribution in [0.1, 0.15) is 38.0 Å². The highest BCUT2D eigenvalue weighted by molar-refractivity contribution is 5.89. The molecule has 3 amide bonds. The number of hydrogen-bond acceptors (Lipinski definition) is 5. The fourth-order valence-corrected chi connectivity index (χ4v) is 3.61. The Bertz CT molecular complexity index is 922. The molecule has 1 aliphatic heterocycles. The van der Waals surface area contributed by atoms with Crippen LogP contribution < -0.4 is 15.4 Å². The molecular formula is C24H31N3O5. The van der Waals surface area contributed by atoms with Gasteiger partial charge in [-0.3, -0.25) is 4.79 Å². The molecule has 8 heteroatoms. The number of methoxy groups -OCH3 is 1. The maximum atomic E-state index is 12.6. The van der Waals surface area contributed by atoms with Crippen molar-refractivity contribution in [3.63, 3.8) is 0 Å². The van der Waals surface area contributed by atoms with Crippen LogP contribution in [0.4, 0.5) is 10.5 Å². The maximum absolute atomic E-state index is 12.6. The zero-order valence-corrected chi connectivity index (χ0v) is 18.9. The van der Waals surface area contributed by atoms with Crippen LogP contribution in [-0.4, -0.2) is 53.8 Å². The van der Waals surface area contributed by atoms with Gasteiger partial charge in [0.2, 0.25) is 5.91 Å². The molecule has 1 fully saturated rings. The van der Waals surface area contributed by atoms with Crippen molar-refractivity contribution in [2.75, 3.05) is 25.6 Å². The van der Waals surface area contributed by atoms with Crippen molar-refractivity contribution in [1.82, 2.24) is 10.2 Å². The number of urea groups is 1. The van der Waals surface area contributed by atoms with Crippen LogP contribution in [0.5, 0.6) is 5.75 Å². The molecule has 0 saturated carbocycles. The van der Waals surface area contributed by atoms with Crippen LogP contribution >= 0.6 is 0 Å². The number of anilines is 1. The van der Waals surface area contributed by atoms with Gasteiger partial charge in [-0.1, -0.05) is 24.3 Å². The van der Waals surface area contributed by atoms with Gasteiger partial charge in [0.25, 0.3) is 0 Å². The van der Waals surface area contributed by atoms with E-state index in [0.717, 1.165) is 16.9 Å². The minimum absolute atomic E-state index is 0.0642. The molecule has 2 aromatic rings. The monoisotopic (exact) mass is 441 g/mol. The first kappa shape index (κ1) is 23.6. The van der Waals surface area contributed by atoms with Crippen molar-refractivity contribution < 1.29 is 24.2 Å². The second-order valence-electron chi connectivity index (χ2n) is 8.80. The van der Waals surface area contributed by atoms with Gasteiger partial charge < -0.3 is 30.1 Å². The largest absolute Gasteiger partial charge is 0.497 e. The standard InChI is InChI=1S/C24H31N3O5/c1-24(2,3)26-23(30)25-18-9-7-17(8-10-18)22-20(14-28)27(21(29)15-32-22)13-16-5-11-19(31-4)12-6-16/h5-12,20,22,28H,13-15H2,1-4H3,(H2,25,26,30)/t20-,22-/m1/s1. The molecule has 32 heavy (non-hydrogen) atoms. The van der Waals surface area contributed by atoms with Crippen LogP contribution in [0.2, 0.25) is 0 Å². The second kappa shape index (κ2) is 10.0. The summed E-state index contributed by atoms with van der Waals surface area (Å²) < 4.78 is 11.0. The Hall–Kier alpha value is -3.10. The third-order valence-corrected chi connectivity index (χ3v) is 5.14. The smallest absolute Gasteiger partial charge is 0.319 e. The molecule has 0 spiro atoms. The van der Waals surface area contributed by atoms with Gasteiger partial charge >= 0.3 is 6.03 Å². The maximum Gasteiger partial charge on any atom is 0.319 e. The summed E-state index contributed by atoms with van der Waals surface area (Å²) in [5.74, 6) is 0.566. The molecule has 0 aliphatic carbocycles. The number of rotatable bonds is 6. The minimum Gasteiger partial charge on any atom is -0.497 e. The third-order valence-electron chi connectivity index (χ3n) is 5.14. The van der Waals surface area contributed by atoms with E-state index in [2.05, 4.69) is 10.6 Å². The average molecular weight is 442 g/mol. The van der Waals surface area contributed by atoms with E-state index in [1.807, 2.05) is 57.2 Å². The molecule has 172 valence electrons. The van der Waals surface area contributed by atoms with Gasteiger partial charge in [0.15, 0.2) is 0 Å². The second-order valence-corrected chi connectivity index (χ2v) is 8.80. The summed E-state index contributed by atoms with van der Waals surface area (Å²) in [7, 11) is 1.60. The number of nitrogens with one attached hydrogen (secondary N) is 2. The third kappa shape index (κ3) is 5.99. The number of amides is 3. The highest BCUT2D eigenvalue weighted by atomic mass is 16.5. The fourth-order valence-electron chi connectivity index (χ4n) is 3.61. The molecular weight excluding hydrogens is 410 g/mol. The summed E-state index contributed by atoms with van der Waals surface area (Å²) in [5, 5.41) is 15.7. The molecule has 8 nitrogen and oxygen atoms in total. The van der Waals surface area contributed by atoms with E-state index in [1.165, 1.54) is 0 Å². The van der Waals surface area contributed by atoms with Crippen LogP contribution in [0.3, 0.4) is 0 Å². The van der Waals surface area contributed by atoms with Crippen molar-refractivity contribution in [2.24, 2.45) is 0 Å². The lowest BCUT2D eigenvalue weighted by molar-refractivity contribution is -0.162. The number of carbonyl (C=O) groups is 2. The van der Waals surface area contributed by atoms with Crippen molar-refractivity contribution in [3.8, 4) is 5.75 Å². The summed E-state index contributed by atoms with van der Waals surface area (Å²) in [5.41, 5.74) is 2.05. The Kier molecular flexibility index (Phi) is 7.37. The zero-order valence-electron chi connectivity index (χ0n) is 18.9. The SMILES string of the molecule is COc1ccc(CN2C(=O)CO[C@H](c3ccc(NC(=O)NC(C)(C)C)cc3)[C@H]2CO)cc1. The number of hydrogen-bond donors (Lipinski definition) is 3. The van der Waals surface area contributed by atoms with E-state index in [9.17, 15) is 14.7 Å². The van der Waals surface area contributed by atoms with Crippen molar-refractivity contribution >= 4 is 17.6 Å². The molecule has 3 rings (SSSR count). The molecule has 1 aliphatic rings. The lowest BCUT2D eigenvalue weighted by Crippen LogP contribution is -2.52. The van der Waals surface area contributed by atoms with Crippen molar-refractivity contribution in [2.45, 2.75) is 45.0 Å². The number of carbonyl (C=O) groups excluding carboxylic acids is 2. The quantitative estimate of drug-likeness (QED) is 0.640. The Morgan fingerprint density at radius 2 is 1.81 bits per heavy atom. The van der Waals surface area contributed by atoms with Gasteiger partial charge in [-0.25, -0.2) is 4.79 Å². The van der Waals surface area contributed by atoms with E-state index in [1.54, 1.807) is 24.1 Å². The summed E-state index contributed by atoms with van der Waals surface area (Å²) >= 11 is 0. The van der Waals surface area contributed by atoms with Gasteiger partial charge in [0.1, 0.15) is 18.5 Å². The Balaban J connectivity index is 1.72. The molecule has 0 bridgehead atoms. The first-order chi connectivity index (χ1) is 15.2. The van der Waals surface area contributed by atoms with Crippen LogP contribution in [0.25, 0.3) is 0 Å². The van der Waals surface area contributed by atoms with E-state index in [-0.39, 0.29) is 30.7 Å². The van der Waals surface area contributed by atoms with Gasteiger partial charge in [0, 0.05) is 17.8 Å². The summed E-state index contributed by atoms with van der Waals surface area (Å²) in [4.78, 5) is 26.3. The molecule has 0 unspecified atom stereocenters. The summed E-state index contributed by atoms with van der Waals surface area (Å²) in [6, 6.07) is 13.9. The summed E-state index contributed by atoms with van der Waals surface area (Å²) in [6.07, 6.45) is -0.478. The van der Waals surface area contributed by atoms with Crippen molar-refractivity contribution in [3.05, 3.63) is 59.7 Å². The predicted octanol–water partition coefficient (Wildman–Crippen LogP) is 3.08. The molecule has 1 saturated heterocycles. The molecule has 2 aromatic carbocycles. The topological polar surface area (TPSA) is 100 Å². The van der Waals surface area contributed by atoms with E-state index in [4.69, 9.17) is 9.47 Å². The van der Waals surface area contributed by atoms with Gasteiger partial charge in [-0.15, -0.1) is 0 Å².